The number of aryl methyl sites for hydroxylation is 1. The average molecular weight is 247 g/mol. The van der Waals surface area contributed by atoms with Crippen LogP contribution < -0.4 is 0 Å². The molecule has 1 aromatic carbocycles. The molecule has 1 aromatic heterocycles. The van der Waals surface area contributed by atoms with Crippen LogP contribution in [0, 0.1) is 6.92 Å². The second-order valence-corrected chi connectivity index (χ2v) is 4.34. The standard InChI is InChI=1S/C13H17N3O2/c1-10-3-5-11(6-4-10)13-14-12(18-15-13)9-16(2)7-8-17/h3-6,17H,7-9H2,1-2H3. The van der Waals surface area contributed by atoms with Gasteiger partial charge in [-0.15, -0.1) is 0 Å². The van der Waals surface area contributed by atoms with Crippen molar-refractivity contribution >= 4 is 0 Å². The first-order valence-corrected chi connectivity index (χ1v) is 5.88. The van der Waals surface area contributed by atoms with Crippen LogP contribution in [0.15, 0.2) is 28.8 Å². The molecule has 0 spiro atoms. The van der Waals surface area contributed by atoms with Crippen molar-refractivity contribution in [1.29, 1.82) is 0 Å². The largest absolute Gasteiger partial charge is 0.395 e. The summed E-state index contributed by atoms with van der Waals surface area (Å²) in [5.74, 6) is 1.16. The van der Waals surface area contributed by atoms with Crippen LogP contribution in [0.2, 0.25) is 0 Å². The first kappa shape index (κ1) is 12.7. The fraction of sp³-hybridized carbons (Fsp3) is 0.385. The van der Waals surface area contributed by atoms with E-state index in [0.29, 0.717) is 24.8 Å². The molecule has 0 saturated heterocycles. The third kappa shape index (κ3) is 3.15. The van der Waals surface area contributed by atoms with E-state index in [-0.39, 0.29) is 6.61 Å². The molecule has 0 atom stereocenters. The van der Waals surface area contributed by atoms with Crippen LogP contribution in [0.1, 0.15) is 11.5 Å². The Balaban J connectivity index is 2.08. The van der Waals surface area contributed by atoms with E-state index in [1.807, 2.05) is 43.1 Å². The molecule has 1 heterocycles. The third-order valence-electron chi connectivity index (χ3n) is 2.66. The molecule has 96 valence electrons. The van der Waals surface area contributed by atoms with Gasteiger partial charge in [0.15, 0.2) is 0 Å². The zero-order valence-corrected chi connectivity index (χ0v) is 10.6. The third-order valence-corrected chi connectivity index (χ3v) is 2.66. The van der Waals surface area contributed by atoms with Crippen molar-refractivity contribution in [2.45, 2.75) is 13.5 Å². The smallest absolute Gasteiger partial charge is 0.241 e. The maximum Gasteiger partial charge on any atom is 0.241 e. The Morgan fingerprint density at radius 3 is 2.67 bits per heavy atom. The molecule has 0 aliphatic heterocycles. The van der Waals surface area contributed by atoms with Gasteiger partial charge in [-0.3, -0.25) is 4.90 Å². The van der Waals surface area contributed by atoms with Crippen LogP contribution in [-0.2, 0) is 6.54 Å². The van der Waals surface area contributed by atoms with Crippen LogP contribution in [0.5, 0.6) is 0 Å². The number of likely N-dealkylation sites (N-methyl/N-ethyl adjacent to an activating group) is 1. The van der Waals surface area contributed by atoms with Crippen molar-refractivity contribution in [1.82, 2.24) is 15.0 Å². The monoisotopic (exact) mass is 247 g/mol. The molecular formula is C13H17N3O2. The summed E-state index contributed by atoms with van der Waals surface area (Å²) in [7, 11) is 1.89. The minimum Gasteiger partial charge on any atom is -0.395 e. The van der Waals surface area contributed by atoms with Crippen LogP contribution in [-0.4, -0.2) is 40.3 Å². The maximum absolute atomic E-state index is 8.82. The number of nitrogens with zero attached hydrogens (tertiary/aromatic N) is 3. The summed E-state index contributed by atoms with van der Waals surface area (Å²) in [6.07, 6.45) is 0. The van der Waals surface area contributed by atoms with Crippen LogP contribution in [0.3, 0.4) is 0 Å². The summed E-state index contributed by atoms with van der Waals surface area (Å²) in [6, 6.07) is 7.98. The van der Waals surface area contributed by atoms with Crippen molar-refractivity contribution in [3.63, 3.8) is 0 Å². The first-order chi connectivity index (χ1) is 8.69. The van der Waals surface area contributed by atoms with Crippen LogP contribution in [0.25, 0.3) is 11.4 Å². The lowest BCUT2D eigenvalue weighted by molar-refractivity contribution is 0.200. The number of hydrogen-bond acceptors (Lipinski definition) is 5. The van der Waals surface area contributed by atoms with E-state index < -0.39 is 0 Å². The molecule has 0 amide bonds. The van der Waals surface area contributed by atoms with Gasteiger partial charge in [0.1, 0.15) is 0 Å². The minimum absolute atomic E-state index is 0.120. The molecule has 0 saturated carbocycles. The van der Waals surface area contributed by atoms with E-state index in [1.165, 1.54) is 5.56 Å². The van der Waals surface area contributed by atoms with Gasteiger partial charge in [-0.2, -0.15) is 4.98 Å². The molecule has 0 aliphatic carbocycles. The normalized spacial score (nSPS) is 11.1. The number of rotatable bonds is 5. The maximum atomic E-state index is 8.82. The van der Waals surface area contributed by atoms with Crippen molar-refractivity contribution in [3.8, 4) is 11.4 Å². The topological polar surface area (TPSA) is 62.4 Å². The van der Waals surface area contributed by atoms with Gasteiger partial charge in [0, 0.05) is 12.1 Å². The van der Waals surface area contributed by atoms with Gasteiger partial charge in [0.05, 0.1) is 13.2 Å². The summed E-state index contributed by atoms with van der Waals surface area (Å²) in [5.41, 5.74) is 2.14. The highest BCUT2D eigenvalue weighted by atomic mass is 16.5. The summed E-state index contributed by atoms with van der Waals surface area (Å²) >= 11 is 0. The Kier molecular flexibility index (Phi) is 4.07. The zero-order valence-electron chi connectivity index (χ0n) is 10.6. The van der Waals surface area contributed by atoms with E-state index in [1.54, 1.807) is 0 Å². The second kappa shape index (κ2) is 5.75. The SMILES string of the molecule is Cc1ccc(-c2noc(CN(C)CCO)n2)cc1. The van der Waals surface area contributed by atoms with Crippen molar-refractivity contribution in [3.05, 3.63) is 35.7 Å². The van der Waals surface area contributed by atoms with Gasteiger partial charge in [-0.05, 0) is 14.0 Å². The van der Waals surface area contributed by atoms with Gasteiger partial charge < -0.3 is 9.63 Å². The predicted molar refractivity (Wildman–Crippen MR) is 67.9 cm³/mol. The number of aromatic nitrogens is 2. The summed E-state index contributed by atoms with van der Waals surface area (Å²) in [4.78, 5) is 6.25. The number of aliphatic hydroxyl groups is 1. The molecule has 1 N–H and O–H groups in total. The molecule has 0 aliphatic rings. The van der Waals surface area contributed by atoms with Gasteiger partial charge >= 0.3 is 0 Å². The lowest BCUT2D eigenvalue weighted by atomic mass is 10.1. The van der Waals surface area contributed by atoms with E-state index in [4.69, 9.17) is 9.63 Å². The Labute approximate surface area is 106 Å². The first-order valence-electron chi connectivity index (χ1n) is 5.88. The van der Waals surface area contributed by atoms with Crippen LogP contribution in [0.4, 0.5) is 0 Å². The molecule has 0 fully saturated rings. The summed E-state index contributed by atoms with van der Waals surface area (Å²) < 4.78 is 5.18. The van der Waals surface area contributed by atoms with Gasteiger partial charge in [-0.25, -0.2) is 0 Å². The molecule has 5 nitrogen and oxygen atoms in total. The van der Waals surface area contributed by atoms with E-state index in [9.17, 15) is 0 Å². The van der Waals surface area contributed by atoms with Crippen molar-refractivity contribution in [2.24, 2.45) is 0 Å². The van der Waals surface area contributed by atoms with Gasteiger partial charge in [-0.1, -0.05) is 35.0 Å². The van der Waals surface area contributed by atoms with E-state index in [2.05, 4.69) is 10.1 Å². The minimum atomic E-state index is 0.120. The molecule has 18 heavy (non-hydrogen) atoms. The second-order valence-electron chi connectivity index (χ2n) is 4.34. The van der Waals surface area contributed by atoms with Crippen LogP contribution >= 0.6 is 0 Å². The molecule has 0 radical (unpaired) electrons. The fourth-order valence-electron chi connectivity index (χ4n) is 1.62. The zero-order chi connectivity index (χ0) is 13.0. The van der Waals surface area contributed by atoms with Crippen molar-refractivity contribution < 1.29 is 9.63 Å². The average Bonchev–Trinajstić information content (AvgIpc) is 2.78. The molecule has 5 heteroatoms. The lowest BCUT2D eigenvalue weighted by Gasteiger charge is -2.10. The molecule has 0 bridgehead atoms. The number of hydrogen-bond donors (Lipinski definition) is 1. The molecule has 2 rings (SSSR count). The highest BCUT2D eigenvalue weighted by molar-refractivity contribution is 5.54. The Bertz CT molecular complexity index is 493. The number of aliphatic hydroxyl groups excluding tert-OH is 1. The molecule has 2 aromatic rings. The Morgan fingerprint density at radius 2 is 2.00 bits per heavy atom. The van der Waals surface area contributed by atoms with E-state index in [0.717, 1.165) is 5.56 Å². The predicted octanol–water partition coefficient (Wildman–Crippen LogP) is 1.47. The van der Waals surface area contributed by atoms with Crippen molar-refractivity contribution in [2.75, 3.05) is 20.2 Å². The quantitative estimate of drug-likeness (QED) is 0.866. The summed E-state index contributed by atoms with van der Waals surface area (Å²) in [6.45, 7) is 3.28. The molecule has 0 unspecified atom stereocenters. The molecular weight excluding hydrogens is 230 g/mol. The highest BCUT2D eigenvalue weighted by Gasteiger charge is 2.10. The fourth-order valence-corrected chi connectivity index (χ4v) is 1.62. The summed E-state index contributed by atoms with van der Waals surface area (Å²) in [5, 5.41) is 12.8. The Hall–Kier alpha value is -1.72. The van der Waals surface area contributed by atoms with Gasteiger partial charge in [0.25, 0.3) is 0 Å². The number of benzene rings is 1. The highest BCUT2D eigenvalue weighted by Crippen LogP contribution is 2.16. The Morgan fingerprint density at radius 1 is 1.28 bits per heavy atom. The lowest BCUT2D eigenvalue weighted by Crippen LogP contribution is -2.21. The van der Waals surface area contributed by atoms with E-state index >= 15 is 0 Å². The van der Waals surface area contributed by atoms with Gasteiger partial charge in [0.2, 0.25) is 11.7 Å².